The molecule has 0 unspecified atom stereocenters. The van der Waals surface area contributed by atoms with Crippen LogP contribution >= 0.6 is 22.6 Å². The first-order chi connectivity index (χ1) is 8.99. The monoisotopic (exact) mass is 388 g/mol. The van der Waals surface area contributed by atoms with E-state index in [2.05, 4.69) is 32.3 Å². The van der Waals surface area contributed by atoms with Crippen molar-refractivity contribution >= 4 is 32.6 Å². The van der Waals surface area contributed by atoms with Gasteiger partial charge in [0.15, 0.2) is 0 Å². The fraction of sp³-hybridized carbons (Fsp3) is 0.154. The van der Waals surface area contributed by atoms with Crippen LogP contribution in [0.1, 0.15) is 11.1 Å². The van der Waals surface area contributed by atoms with E-state index in [1.165, 1.54) is 0 Å². The zero-order valence-corrected chi connectivity index (χ0v) is 13.3. The van der Waals surface area contributed by atoms with Gasteiger partial charge in [0.25, 0.3) is 0 Å². The summed E-state index contributed by atoms with van der Waals surface area (Å²) in [4.78, 5) is 4.23. The molecule has 1 N–H and O–H groups in total. The van der Waals surface area contributed by atoms with Gasteiger partial charge in [-0.2, -0.15) is 0 Å². The number of rotatable bonds is 4. The van der Waals surface area contributed by atoms with E-state index >= 15 is 0 Å². The maximum atomic E-state index is 12.1. The fourth-order valence-electron chi connectivity index (χ4n) is 1.55. The number of aromatic nitrogens is 1. The number of benzene rings is 1. The van der Waals surface area contributed by atoms with E-state index in [1.807, 2.05) is 13.0 Å². The summed E-state index contributed by atoms with van der Waals surface area (Å²) in [6, 6.07) is 8.69. The van der Waals surface area contributed by atoms with E-state index in [1.54, 1.807) is 36.7 Å². The van der Waals surface area contributed by atoms with Crippen molar-refractivity contribution in [1.29, 1.82) is 0 Å². The molecule has 100 valence electrons. The standard InChI is InChI=1S/C13H13IN2O2S/c1-10-7-12(4-5-13(10)14)19(17,18)16-9-11-3-2-6-15-8-11/h2-8,16H,9H2,1H3. The molecule has 0 saturated heterocycles. The Morgan fingerprint density at radius 2 is 2.11 bits per heavy atom. The van der Waals surface area contributed by atoms with E-state index in [0.29, 0.717) is 0 Å². The first-order valence-corrected chi connectivity index (χ1v) is 8.20. The van der Waals surface area contributed by atoms with Crippen LogP contribution in [0.4, 0.5) is 0 Å². The second-order valence-corrected chi connectivity index (χ2v) is 7.03. The normalized spacial score (nSPS) is 11.5. The molecule has 0 aliphatic rings. The molecule has 0 aliphatic carbocycles. The molecular formula is C13H13IN2O2S. The molecule has 0 radical (unpaired) electrons. The predicted molar refractivity (Wildman–Crippen MR) is 82.2 cm³/mol. The largest absolute Gasteiger partial charge is 0.264 e. The lowest BCUT2D eigenvalue weighted by atomic mass is 10.2. The highest BCUT2D eigenvalue weighted by Crippen LogP contribution is 2.17. The highest BCUT2D eigenvalue weighted by Gasteiger charge is 2.14. The summed E-state index contributed by atoms with van der Waals surface area (Å²) < 4.78 is 27.9. The van der Waals surface area contributed by atoms with E-state index in [0.717, 1.165) is 14.7 Å². The van der Waals surface area contributed by atoms with Crippen molar-refractivity contribution in [2.75, 3.05) is 0 Å². The Labute approximate surface area is 126 Å². The van der Waals surface area contributed by atoms with Gasteiger partial charge < -0.3 is 0 Å². The van der Waals surface area contributed by atoms with Crippen molar-refractivity contribution in [2.45, 2.75) is 18.4 Å². The maximum absolute atomic E-state index is 12.1. The number of hydrogen-bond donors (Lipinski definition) is 1. The van der Waals surface area contributed by atoms with Gasteiger partial charge in [0.2, 0.25) is 10.0 Å². The Hall–Kier alpha value is -0.990. The van der Waals surface area contributed by atoms with E-state index in [9.17, 15) is 8.42 Å². The van der Waals surface area contributed by atoms with E-state index < -0.39 is 10.0 Å². The molecule has 2 rings (SSSR count). The average Bonchev–Trinajstić information content (AvgIpc) is 2.41. The van der Waals surface area contributed by atoms with Crippen molar-refractivity contribution in [3.05, 3.63) is 57.4 Å². The average molecular weight is 388 g/mol. The molecule has 6 heteroatoms. The number of pyridine rings is 1. The maximum Gasteiger partial charge on any atom is 0.240 e. The first-order valence-electron chi connectivity index (χ1n) is 5.64. The van der Waals surface area contributed by atoms with Gasteiger partial charge >= 0.3 is 0 Å². The first kappa shape index (κ1) is 14.4. The molecule has 0 spiro atoms. The van der Waals surface area contributed by atoms with Gasteiger partial charge in [-0.1, -0.05) is 6.07 Å². The van der Waals surface area contributed by atoms with E-state index in [4.69, 9.17) is 0 Å². The van der Waals surface area contributed by atoms with Gasteiger partial charge in [0.05, 0.1) is 4.90 Å². The van der Waals surface area contributed by atoms with Crippen LogP contribution in [0.3, 0.4) is 0 Å². The molecule has 2 aromatic rings. The van der Waals surface area contributed by atoms with Crippen molar-refractivity contribution in [2.24, 2.45) is 0 Å². The molecule has 0 bridgehead atoms. The number of nitrogens with zero attached hydrogens (tertiary/aromatic N) is 1. The second kappa shape index (κ2) is 5.98. The van der Waals surface area contributed by atoms with Gasteiger partial charge in [0.1, 0.15) is 0 Å². The van der Waals surface area contributed by atoms with Crippen molar-refractivity contribution < 1.29 is 8.42 Å². The van der Waals surface area contributed by atoms with Crippen molar-refractivity contribution in [3.8, 4) is 0 Å². The number of hydrogen-bond acceptors (Lipinski definition) is 3. The Morgan fingerprint density at radius 3 is 2.74 bits per heavy atom. The fourth-order valence-corrected chi connectivity index (χ4v) is 2.99. The van der Waals surface area contributed by atoms with Gasteiger partial charge in [0, 0.05) is 22.5 Å². The third kappa shape index (κ3) is 3.74. The second-order valence-electron chi connectivity index (χ2n) is 4.10. The molecule has 0 amide bonds. The van der Waals surface area contributed by atoms with Crippen LogP contribution in [-0.2, 0) is 16.6 Å². The van der Waals surface area contributed by atoms with Crippen LogP contribution in [0, 0.1) is 10.5 Å². The number of halogens is 1. The van der Waals surface area contributed by atoms with Crippen LogP contribution in [0.5, 0.6) is 0 Å². The molecule has 4 nitrogen and oxygen atoms in total. The van der Waals surface area contributed by atoms with Crippen molar-refractivity contribution in [3.63, 3.8) is 0 Å². The van der Waals surface area contributed by atoms with Crippen molar-refractivity contribution in [1.82, 2.24) is 9.71 Å². The summed E-state index contributed by atoms with van der Waals surface area (Å²) in [6.07, 6.45) is 3.29. The smallest absolute Gasteiger partial charge is 0.240 e. The van der Waals surface area contributed by atoms with Crippen LogP contribution in [0.25, 0.3) is 0 Å². The number of nitrogens with one attached hydrogen (secondary N) is 1. The van der Waals surface area contributed by atoms with Crippen LogP contribution in [0.2, 0.25) is 0 Å². The summed E-state index contributed by atoms with van der Waals surface area (Å²) in [7, 11) is -3.48. The molecule has 0 fully saturated rings. The Bertz CT molecular complexity index is 672. The molecule has 1 aromatic carbocycles. The molecule has 0 atom stereocenters. The highest BCUT2D eigenvalue weighted by molar-refractivity contribution is 14.1. The quantitative estimate of drug-likeness (QED) is 0.819. The van der Waals surface area contributed by atoms with Crippen LogP contribution in [-0.4, -0.2) is 13.4 Å². The summed E-state index contributed by atoms with van der Waals surface area (Å²) in [5.74, 6) is 0. The molecule has 1 aromatic heterocycles. The molecular weight excluding hydrogens is 375 g/mol. The Balaban J connectivity index is 2.16. The van der Waals surface area contributed by atoms with Gasteiger partial charge in [-0.3, -0.25) is 4.98 Å². The number of aryl methyl sites for hydroxylation is 1. The topological polar surface area (TPSA) is 59.1 Å². The summed E-state index contributed by atoms with van der Waals surface area (Å²) in [6.45, 7) is 2.13. The van der Waals surface area contributed by atoms with Crippen LogP contribution in [0.15, 0.2) is 47.6 Å². The molecule has 0 aliphatic heterocycles. The Kier molecular flexibility index (Phi) is 4.54. The van der Waals surface area contributed by atoms with Gasteiger partial charge in [-0.05, 0) is 64.9 Å². The minimum Gasteiger partial charge on any atom is -0.264 e. The summed E-state index contributed by atoms with van der Waals surface area (Å²) in [5.41, 5.74) is 1.78. The third-order valence-corrected chi connectivity index (χ3v) is 5.24. The molecule has 1 heterocycles. The lowest BCUT2D eigenvalue weighted by Crippen LogP contribution is -2.23. The highest BCUT2D eigenvalue weighted by atomic mass is 127. The third-order valence-electron chi connectivity index (χ3n) is 2.63. The Morgan fingerprint density at radius 1 is 1.32 bits per heavy atom. The summed E-state index contributed by atoms with van der Waals surface area (Å²) in [5, 5.41) is 0. The minimum atomic E-state index is -3.48. The zero-order chi connectivity index (χ0) is 13.9. The SMILES string of the molecule is Cc1cc(S(=O)(=O)NCc2cccnc2)ccc1I. The zero-order valence-electron chi connectivity index (χ0n) is 10.3. The molecule has 19 heavy (non-hydrogen) atoms. The predicted octanol–water partition coefficient (Wildman–Crippen LogP) is 2.47. The van der Waals surface area contributed by atoms with E-state index in [-0.39, 0.29) is 11.4 Å². The van der Waals surface area contributed by atoms with Gasteiger partial charge in [-0.15, -0.1) is 0 Å². The van der Waals surface area contributed by atoms with Gasteiger partial charge in [-0.25, -0.2) is 13.1 Å². The van der Waals surface area contributed by atoms with Crippen LogP contribution < -0.4 is 4.72 Å². The summed E-state index contributed by atoms with van der Waals surface area (Å²) >= 11 is 2.18. The lowest BCUT2D eigenvalue weighted by molar-refractivity contribution is 0.581. The lowest BCUT2D eigenvalue weighted by Gasteiger charge is -2.08. The molecule has 0 saturated carbocycles. The number of sulfonamides is 1. The minimum absolute atomic E-state index is 0.237.